The molecule has 27 heavy (non-hydrogen) atoms. The van der Waals surface area contributed by atoms with Gasteiger partial charge in [-0.1, -0.05) is 12.1 Å². The van der Waals surface area contributed by atoms with Crippen molar-refractivity contribution in [2.45, 2.75) is 18.5 Å². The summed E-state index contributed by atoms with van der Waals surface area (Å²) in [6.07, 6.45) is 3.89. The van der Waals surface area contributed by atoms with E-state index in [1.165, 1.54) is 12.1 Å². The molecule has 0 bridgehead atoms. The van der Waals surface area contributed by atoms with E-state index in [1.54, 1.807) is 28.9 Å². The Kier molecular flexibility index (Phi) is 9.18. The summed E-state index contributed by atoms with van der Waals surface area (Å²) in [7, 11) is 3.56. The largest absolute Gasteiger partial charge is 0.378 e. The number of ether oxygens (including phenoxy) is 1. The van der Waals surface area contributed by atoms with Crippen LogP contribution in [0.5, 0.6) is 0 Å². The predicted octanol–water partition coefficient (Wildman–Crippen LogP) is 2.33. The highest BCUT2D eigenvalue weighted by Crippen LogP contribution is 2.28. The average Bonchev–Trinajstić information content (AvgIpc) is 3.02. The molecule has 1 fully saturated rings. The van der Waals surface area contributed by atoms with Gasteiger partial charge in [0.05, 0.1) is 25.5 Å². The van der Waals surface area contributed by atoms with E-state index in [1.807, 2.05) is 19.3 Å². The molecule has 0 spiro atoms. The number of hydrogen-bond acceptors (Lipinski definition) is 4. The first kappa shape index (κ1) is 23.4. The quantitative estimate of drug-likeness (QED) is 0.809. The average molecular weight is 419 g/mol. The standard InChI is InChI=1S/C18H23FN4O2.2ClH/c1-22-11-14(10-21-22)18(13-4-3-5-15(19)8-13)23(2)17(24)9-16-12-25-7-6-20-16;;/h3-5,8,10-11,16,18,20H,6-7,9,12H2,1-2H3;2*1H. The van der Waals surface area contributed by atoms with E-state index in [0.717, 1.165) is 17.7 Å². The Morgan fingerprint density at radius 2 is 2.22 bits per heavy atom. The second kappa shape index (κ2) is 10.6. The summed E-state index contributed by atoms with van der Waals surface area (Å²) in [6, 6.07) is 5.96. The summed E-state index contributed by atoms with van der Waals surface area (Å²) in [5, 5.41) is 7.48. The zero-order chi connectivity index (χ0) is 17.8. The zero-order valence-corrected chi connectivity index (χ0v) is 16.9. The number of hydrogen-bond donors (Lipinski definition) is 1. The van der Waals surface area contributed by atoms with Crippen LogP contribution in [-0.4, -0.2) is 53.4 Å². The molecular weight excluding hydrogens is 394 g/mol. The predicted molar refractivity (Wildman–Crippen MR) is 106 cm³/mol. The lowest BCUT2D eigenvalue weighted by Crippen LogP contribution is -2.45. The number of aryl methyl sites for hydroxylation is 1. The third kappa shape index (κ3) is 5.90. The van der Waals surface area contributed by atoms with Gasteiger partial charge in [0.2, 0.25) is 5.91 Å². The Labute approximate surface area is 170 Å². The summed E-state index contributed by atoms with van der Waals surface area (Å²) in [4.78, 5) is 14.5. The van der Waals surface area contributed by atoms with Gasteiger partial charge in [0.15, 0.2) is 0 Å². The molecule has 2 heterocycles. The summed E-state index contributed by atoms with van der Waals surface area (Å²) in [5.74, 6) is -0.351. The number of aromatic nitrogens is 2. The minimum Gasteiger partial charge on any atom is -0.378 e. The van der Waals surface area contributed by atoms with Crippen molar-refractivity contribution in [3.05, 3.63) is 53.6 Å². The monoisotopic (exact) mass is 418 g/mol. The van der Waals surface area contributed by atoms with Crippen LogP contribution in [0.2, 0.25) is 0 Å². The number of nitrogens with one attached hydrogen (secondary N) is 1. The normalized spacial score (nSPS) is 17.4. The summed E-state index contributed by atoms with van der Waals surface area (Å²) in [5.41, 5.74) is 1.56. The molecule has 9 heteroatoms. The third-order valence-electron chi connectivity index (χ3n) is 4.41. The topological polar surface area (TPSA) is 59.4 Å². The summed E-state index contributed by atoms with van der Waals surface area (Å²) < 4.78 is 20.8. The number of amides is 1. The maximum atomic E-state index is 13.7. The Hall–Kier alpha value is -1.67. The third-order valence-corrected chi connectivity index (χ3v) is 4.41. The van der Waals surface area contributed by atoms with Gasteiger partial charge in [0.1, 0.15) is 5.82 Å². The van der Waals surface area contributed by atoms with Crippen molar-refractivity contribution in [2.24, 2.45) is 7.05 Å². The Bertz CT molecular complexity index is 738. The van der Waals surface area contributed by atoms with E-state index in [2.05, 4.69) is 10.4 Å². The Morgan fingerprint density at radius 3 is 2.81 bits per heavy atom. The smallest absolute Gasteiger partial charge is 0.224 e. The fraction of sp³-hybridized carbons (Fsp3) is 0.444. The fourth-order valence-corrected chi connectivity index (χ4v) is 3.15. The number of nitrogens with zero attached hydrogens (tertiary/aromatic N) is 3. The lowest BCUT2D eigenvalue weighted by molar-refractivity contribution is -0.132. The first-order valence-corrected chi connectivity index (χ1v) is 8.35. The van der Waals surface area contributed by atoms with E-state index in [-0.39, 0.29) is 48.6 Å². The molecule has 2 atom stereocenters. The van der Waals surface area contributed by atoms with Crippen LogP contribution < -0.4 is 5.32 Å². The van der Waals surface area contributed by atoms with Gasteiger partial charge in [-0.2, -0.15) is 5.10 Å². The number of halogens is 3. The molecule has 1 aromatic heterocycles. The van der Waals surface area contributed by atoms with E-state index in [4.69, 9.17) is 4.74 Å². The van der Waals surface area contributed by atoms with Crippen LogP contribution >= 0.6 is 24.8 Å². The molecule has 0 aliphatic carbocycles. The zero-order valence-electron chi connectivity index (χ0n) is 15.3. The highest BCUT2D eigenvalue weighted by Gasteiger charge is 2.27. The fourth-order valence-electron chi connectivity index (χ4n) is 3.15. The molecule has 3 rings (SSSR count). The van der Waals surface area contributed by atoms with E-state index < -0.39 is 0 Å². The van der Waals surface area contributed by atoms with Crippen LogP contribution in [0.25, 0.3) is 0 Å². The molecule has 1 amide bonds. The van der Waals surface area contributed by atoms with Crippen LogP contribution in [0.1, 0.15) is 23.6 Å². The highest BCUT2D eigenvalue weighted by molar-refractivity contribution is 5.85. The molecule has 0 saturated carbocycles. The van der Waals surface area contributed by atoms with Crippen molar-refractivity contribution in [3.8, 4) is 0 Å². The number of benzene rings is 1. The molecule has 2 unspecified atom stereocenters. The van der Waals surface area contributed by atoms with Crippen molar-refractivity contribution in [1.29, 1.82) is 0 Å². The van der Waals surface area contributed by atoms with Crippen molar-refractivity contribution in [3.63, 3.8) is 0 Å². The van der Waals surface area contributed by atoms with Crippen molar-refractivity contribution in [2.75, 3.05) is 26.8 Å². The highest BCUT2D eigenvalue weighted by atomic mass is 35.5. The number of carbonyl (C=O) groups excluding carboxylic acids is 1. The maximum Gasteiger partial charge on any atom is 0.224 e. The van der Waals surface area contributed by atoms with Crippen LogP contribution in [0.4, 0.5) is 4.39 Å². The van der Waals surface area contributed by atoms with E-state index in [9.17, 15) is 9.18 Å². The van der Waals surface area contributed by atoms with Gasteiger partial charge in [-0.05, 0) is 17.7 Å². The Balaban J connectivity index is 0.00000182. The molecule has 150 valence electrons. The first-order chi connectivity index (χ1) is 12.0. The molecule has 1 aliphatic rings. The number of morpholine rings is 1. The van der Waals surface area contributed by atoms with Crippen LogP contribution in [0.3, 0.4) is 0 Å². The molecule has 1 aromatic carbocycles. The van der Waals surface area contributed by atoms with Crippen LogP contribution in [0.15, 0.2) is 36.7 Å². The molecule has 1 aliphatic heterocycles. The second-order valence-corrected chi connectivity index (χ2v) is 6.34. The number of rotatable bonds is 5. The number of carbonyl (C=O) groups is 1. The molecule has 1 N–H and O–H groups in total. The van der Waals surface area contributed by atoms with Gasteiger partial charge in [-0.25, -0.2) is 4.39 Å². The summed E-state index contributed by atoms with van der Waals surface area (Å²) >= 11 is 0. The lowest BCUT2D eigenvalue weighted by atomic mass is 9.99. The van der Waals surface area contributed by atoms with Crippen molar-refractivity contribution in [1.82, 2.24) is 20.0 Å². The molecule has 1 saturated heterocycles. The summed E-state index contributed by atoms with van der Waals surface area (Å²) in [6.45, 7) is 1.94. The maximum absolute atomic E-state index is 13.7. The van der Waals surface area contributed by atoms with E-state index >= 15 is 0 Å². The first-order valence-electron chi connectivity index (χ1n) is 8.35. The minimum atomic E-state index is -0.388. The van der Waals surface area contributed by atoms with Gasteiger partial charge >= 0.3 is 0 Å². The van der Waals surface area contributed by atoms with Gasteiger partial charge < -0.3 is 15.0 Å². The molecular formula is C18H25Cl2FN4O2. The molecule has 2 aromatic rings. The molecule has 6 nitrogen and oxygen atoms in total. The lowest BCUT2D eigenvalue weighted by Gasteiger charge is -2.31. The van der Waals surface area contributed by atoms with Crippen molar-refractivity contribution >= 4 is 30.7 Å². The Morgan fingerprint density at radius 1 is 1.44 bits per heavy atom. The second-order valence-electron chi connectivity index (χ2n) is 6.34. The van der Waals surface area contributed by atoms with Gasteiger partial charge in [0, 0.05) is 44.9 Å². The minimum absolute atomic E-state index is 0. The SMILES string of the molecule is CN(C(=O)CC1COCCN1)C(c1cccc(F)c1)c1cnn(C)c1.Cl.Cl. The van der Waals surface area contributed by atoms with Gasteiger partial charge in [0.25, 0.3) is 0 Å². The van der Waals surface area contributed by atoms with E-state index in [0.29, 0.717) is 19.6 Å². The van der Waals surface area contributed by atoms with Crippen LogP contribution in [0, 0.1) is 5.82 Å². The van der Waals surface area contributed by atoms with Crippen LogP contribution in [-0.2, 0) is 16.6 Å². The van der Waals surface area contributed by atoms with Crippen molar-refractivity contribution < 1.29 is 13.9 Å². The van der Waals surface area contributed by atoms with Gasteiger partial charge in [-0.15, -0.1) is 24.8 Å². The molecule has 0 radical (unpaired) electrons. The van der Waals surface area contributed by atoms with Gasteiger partial charge in [-0.3, -0.25) is 9.48 Å².